The standard InChI is InChI=1S/C29H40BFN2O4/c1-11-24(27(4,5)6)33(26(35)20-15-18(2)14-19(3)16-20)32-25(34)22-13-12-21(17-23(22)31)30-36-28(7,8)29(9,10)37-30/h12-17,24H,11H2,1-10H3,(H,32,34). The van der Waals surface area contributed by atoms with Gasteiger partial charge in [-0.2, -0.15) is 0 Å². The van der Waals surface area contributed by atoms with E-state index in [0.717, 1.165) is 11.1 Å². The molecule has 0 saturated carbocycles. The lowest BCUT2D eigenvalue weighted by molar-refractivity contribution is 0.00578. The van der Waals surface area contributed by atoms with Crippen molar-refractivity contribution in [3.63, 3.8) is 0 Å². The first-order valence-corrected chi connectivity index (χ1v) is 12.8. The van der Waals surface area contributed by atoms with E-state index in [1.807, 2.05) is 75.3 Å². The van der Waals surface area contributed by atoms with Crippen LogP contribution in [0.5, 0.6) is 0 Å². The van der Waals surface area contributed by atoms with Crippen LogP contribution in [0.1, 0.15) is 93.7 Å². The van der Waals surface area contributed by atoms with Crippen molar-refractivity contribution in [3.05, 3.63) is 64.5 Å². The zero-order valence-electron chi connectivity index (χ0n) is 23.8. The van der Waals surface area contributed by atoms with Crippen LogP contribution in [0.25, 0.3) is 0 Å². The number of carbonyl (C=O) groups excluding carboxylic acids is 2. The van der Waals surface area contributed by atoms with Crippen LogP contribution in [-0.4, -0.2) is 41.2 Å². The van der Waals surface area contributed by atoms with Crippen molar-refractivity contribution < 1.29 is 23.3 Å². The van der Waals surface area contributed by atoms with Gasteiger partial charge in [0.2, 0.25) is 0 Å². The van der Waals surface area contributed by atoms with Crippen LogP contribution in [0.2, 0.25) is 0 Å². The number of amides is 2. The van der Waals surface area contributed by atoms with Crippen LogP contribution in [0.15, 0.2) is 36.4 Å². The molecule has 0 spiro atoms. The van der Waals surface area contributed by atoms with Crippen LogP contribution in [0.3, 0.4) is 0 Å². The molecule has 6 nitrogen and oxygen atoms in total. The second kappa shape index (κ2) is 10.2. The lowest BCUT2D eigenvalue weighted by Crippen LogP contribution is -2.56. The normalized spacial score (nSPS) is 17.4. The Morgan fingerprint density at radius 2 is 1.54 bits per heavy atom. The molecule has 1 unspecified atom stereocenters. The third kappa shape index (κ3) is 6.07. The van der Waals surface area contributed by atoms with Crippen LogP contribution < -0.4 is 10.9 Å². The maximum atomic E-state index is 15.3. The Hall–Kier alpha value is -2.71. The minimum absolute atomic E-state index is 0.165. The summed E-state index contributed by atoms with van der Waals surface area (Å²) in [6.07, 6.45) is 0.601. The molecule has 3 rings (SSSR count). The first-order valence-electron chi connectivity index (χ1n) is 12.8. The van der Waals surface area contributed by atoms with Crippen molar-refractivity contribution >= 4 is 24.4 Å². The molecule has 1 aliphatic heterocycles. The average Bonchev–Trinajstić information content (AvgIpc) is 2.98. The maximum absolute atomic E-state index is 15.3. The van der Waals surface area contributed by atoms with Crippen molar-refractivity contribution in [2.75, 3.05) is 0 Å². The van der Waals surface area contributed by atoms with Gasteiger partial charge in [-0.25, -0.2) is 9.40 Å². The molecule has 1 fully saturated rings. The average molecular weight is 510 g/mol. The van der Waals surface area contributed by atoms with E-state index in [9.17, 15) is 9.59 Å². The van der Waals surface area contributed by atoms with E-state index in [-0.39, 0.29) is 22.9 Å². The summed E-state index contributed by atoms with van der Waals surface area (Å²) in [4.78, 5) is 27.0. The predicted molar refractivity (Wildman–Crippen MR) is 145 cm³/mol. The number of benzene rings is 2. The predicted octanol–water partition coefficient (Wildman–Crippen LogP) is 5.35. The molecule has 1 heterocycles. The fraction of sp³-hybridized carbons (Fsp3) is 0.517. The Balaban J connectivity index is 1.92. The van der Waals surface area contributed by atoms with E-state index in [2.05, 4.69) is 5.43 Å². The third-order valence-corrected chi connectivity index (χ3v) is 7.37. The number of halogens is 1. The molecule has 37 heavy (non-hydrogen) atoms. The number of hydrazine groups is 1. The number of hydrogen-bond acceptors (Lipinski definition) is 4. The van der Waals surface area contributed by atoms with Gasteiger partial charge in [-0.3, -0.25) is 15.0 Å². The summed E-state index contributed by atoms with van der Waals surface area (Å²) in [7, 11) is -0.746. The van der Waals surface area contributed by atoms with Crippen molar-refractivity contribution in [3.8, 4) is 0 Å². The summed E-state index contributed by atoms with van der Waals surface area (Å²) >= 11 is 0. The van der Waals surface area contributed by atoms with E-state index in [4.69, 9.17) is 9.31 Å². The zero-order chi connectivity index (χ0) is 27.9. The first kappa shape index (κ1) is 28.9. The largest absolute Gasteiger partial charge is 0.494 e. The van der Waals surface area contributed by atoms with Gasteiger partial charge in [0.15, 0.2) is 0 Å². The number of aryl methyl sites for hydroxylation is 2. The fourth-order valence-corrected chi connectivity index (χ4v) is 4.70. The second-order valence-electron chi connectivity index (χ2n) is 12.1. The maximum Gasteiger partial charge on any atom is 0.494 e. The fourth-order valence-electron chi connectivity index (χ4n) is 4.70. The molecule has 8 heteroatoms. The van der Waals surface area contributed by atoms with Crippen LogP contribution in [0, 0.1) is 25.1 Å². The number of carbonyl (C=O) groups is 2. The molecular weight excluding hydrogens is 470 g/mol. The van der Waals surface area contributed by atoms with Crippen LogP contribution in [-0.2, 0) is 9.31 Å². The van der Waals surface area contributed by atoms with Crippen molar-refractivity contribution in [1.29, 1.82) is 0 Å². The van der Waals surface area contributed by atoms with E-state index < -0.39 is 30.0 Å². The molecule has 2 aromatic carbocycles. The van der Waals surface area contributed by atoms with Crippen LogP contribution in [0.4, 0.5) is 4.39 Å². The highest BCUT2D eigenvalue weighted by molar-refractivity contribution is 6.62. The van der Waals surface area contributed by atoms with Gasteiger partial charge in [-0.1, -0.05) is 51.0 Å². The summed E-state index contributed by atoms with van der Waals surface area (Å²) < 4.78 is 27.3. The minimum Gasteiger partial charge on any atom is -0.399 e. The monoisotopic (exact) mass is 510 g/mol. The summed E-state index contributed by atoms with van der Waals surface area (Å²) in [6.45, 7) is 19.5. The van der Waals surface area contributed by atoms with E-state index in [1.165, 1.54) is 17.1 Å². The SMILES string of the molecule is CCC(N(NC(=O)c1ccc(B2OC(C)(C)C(C)(C)O2)cc1F)C(=O)c1cc(C)cc(C)c1)C(C)(C)C. The molecule has 2 amide bonds. The lowest BCUT2D eigenvalue weighted by Gasteiger charge is -2.39. The summed E-state index contributed by atoms with van der Waals surface area (Å²) in [5.41, 5.74) is 3.93. The highest BCUT2D eigenvalue weighted by atomic mass is 19.1. The number of nitrogens with zero attached hydrogens (tertiary/aromatic N) is 1. The highest BCUT2D eigenvalue weighted by Gasteiger charge is 2.51. The first-order chi connectivity index (χ1) is 17.0. The molecule has 0 aliphatic carbocycles. The lowest BCUT2D eigenvalue weighted by atomic mass is 9.78. The molecular formula is C29H40BFN2O4. The summed E-state index contributed by atoms with van der Waals surface area (Å²) in [5, 5.41) is 1.36. The third-order valence-electron chi connectivity index (χ3n) is 7.37. The van der Waals surface area contributed by atoms with Gasteiger partial charge in [0.1, 0.15) is 5.82 Å². The zero-order valence-corrected chi connectivity index (χ0v) is 23.8. The molecule has 0 radical (unpaired) electrons. The van der Waals surface area contributed by atoms with Gasteiger partial charge in [0.05, 0.1) is 22.8 Å². The van der Waals surface area contributed by atoms with Crippen molar-refractivity contribution in [2.45, 2.75) is 92.9 Å². The molecule has 1 N–H and O–H groups in total. The highest BCUT2D eigenvalue weighted by Crippen LogP contribution is 2.36. The number of rotatable bonds is 5. The Bertz CT molecular complexity index is 1150. The Labute approximate surface area is 221 Å². The van der Waals surface area contributed by atoms with E-state index >= 15 is 4.39 Å². The minimum atomic E-state index is -0.746. The van der Waals surface area contributed by atoms with E-state index in [0.29, 0.717) is 17.4 Å². The van der Waals surface area contributed by atoms with Gasteiger partial charge in [-0.15, -0.1) is 0 Å². The van der Waals surface area contributed by atoms with Gasteiger partial charge >= 0.3 is 7.12 Å². The quantitative estimate of drug-likeness (QED) is 0.435. The molecule has 2 aromatic rings. The number of hydrogen-bond donors (Lipinski definition) is 1. The molecule has 1 aliphatic rings. The van der Waals surface area contributed by atoms with Gasteiger partial charge in [0, 0.05) is 5.56 Å². The molecule has 0 bridgehead atoms. The summed E-state index contributed by atoms with van der Waals surface area (Å²) in [5.74, 6) is -1.75. The van der Waals surface area contributed by atoms with E-state index in [1.54, 1.807) is 18.2 Å². The number of nitrogens with one attached hydrogen (secondary N) is 1. The van der Waals surface area contributed by atoms with Gasteiger partial charge in [0.25, 0.3) is 11.8 Å². The smallest absolute Gasteiger partial charge is 0.399 e. The van der Waals surface area contributed by atoms with Crippen LogP contribution >= 0.6 is 0 Å². The topological polar surface area (TPSA) is 67.9 Å². The molecule has 1 saturated heterocycles. The Kier molecular flexibility index (Phi) is 7.97. The molecule has 1 atom stereocenters. The van der Waals surface area contributed by atoms with Gasteiger partial charge in [-0.05, 0) is 83.1 Å². The van der Waals surface area contributed by atoms with Crippen molar-refractivity contribution in [1.82, 2.24) is 10.4 Å². The van der Waals surface area contributed by atoms with Crippen molar-refractivity contribution in [2.24, 2.45) is 5.41 Å². The molecule has 0 aromatic heterocycles. The Morgan fingerprint density at radius 3 is 2.00 bits per heavy atom. The molecule has 200 valence electrons. The second-order valence-corrected chi connectivity index (χ2v) is 12.1. The van der Waals surface area contributed by atoms with Gasteiger partial charge < -0.3 is 9.31 Å². The Morgan fingerprint density at radius 1 is 1.00 bits per heavy atom. The summed E-state index contributed by atoms with van der Waals surface area (Å²) in [6, 6.07) is 9.54.